The molecule has 1 heterocycles. The second-order valence-corrected chi connectivity index (χ2v) is 6.71. The highest BCUT2D eigenvalue weighted by molar-refractivity contribution is 5.85. The molecule has 1 aliphatic heterocycles. The van der Waals surface area contributed by atoms with E-state index in [9.17, 15) is 4.79 Å². The molecule has 0 atom stereocenters. The molecule has 138 valence electrons. The minimum Gasteiger partial charge on any atom is -0.870 e. The number of carboxylic acids is 1. The molecule has 1 aliphatic rings. The van der Waals surface area contributed by atoms with Crippen molar-refractivity contribution in [2.45, 2.75) is 19.4 Å². The Labute approximate surface area is 153 Å². The molecule has 0 spiro atoms. The van der Waals surface area contributed by atoms with Crippen LogP contribution in [0.2, 0.25) is 0 Å². The molecule has 3 N–H and O–H groups in total. The lowest BCUT2D eigenvalue weighted by atomic mass is 9.92. The number of benzene rings is 2. The Morgan fingerprint density at radius 2 is 1.96 bits per heavy atom. The zero-order valence-electron chi connectivity index (χ0n) is 15.2. The maximum atomic E-state index is 11.1. The third kappa shape index (κ3) is 4.50. The molecule has 0 radical (unpaired) electrons. The quantitative estimate of drug-likeness (QED) is 0.860. The lowest BCUT2D eigenvalue weighted by molar-refractivity contribution is -0.857. The number of nitrogens with one attached hydrogen (secondary N) is 1. The van der Waals surface area contributed by atoms with Gasteiger partial charge in [-0.3, -0.25) is 4.79 Å². The van der Waals surface area contributed by atoms with Gasteiger partial charge in [-0.05, 0) is 34.4 Å². The van der Waals surface area contributed by atoms with Gasteiger partial charge in [0.1, 0.15) is 12.4 Å². The topological polar surface area (TPSA) is 81.0 Å². The summed E-state index contributed by atoms with van der Waals surface area (Å²) in [6, 6.07) is 14.0. The molecule has 0 aromatic heterocycles. The molecule has 0 unspecified atom stereocenters. The van der Waals surface area contributed by atoms with Crippen LogP contribution in [0, 0.1) is 0 Å². The van der Waals surface area contributed by atoms with Crippen LogP contribution in [0.1, 0.15) is 28.7 Å². The first kappa shape index (κ1) is 19.7. The van der Waals surface area contributed by atoms with E-state index in [2.05, 4.69) is 32.3 Å². The molecule has 0 saturated heterocycles. The molecule has 2 aromatic rings. The fraction of sp³-hybridized carbons (Fsp3) is 0.286. The van der Waals surface area contributed by atoms with E-state index in [-0.39, 0.29) is 11.9 Å². The number of ether oxygens (including phenoxy) is 1. The first-order valence-electron chi connectivity index (χ1n) is 8.60. The van der Waals surface area contributed by atoms with Crippen molar-refractivity contribution in [3.63, 3.8) is 0 Å². The first-order chi connectivity index (χ1) is 12.0. The fourth-order valence-corrected chi connectivity index (χ4v) is 3.13. The zero-order chi connectivity index (χ0) is 17.8. The van der Waals surface area contributed by atoms with Gasteiger partial charge in [-0.1, -0.05) is 36.4 Å². The predicted molar refractivity (Wildman–Crippen MR) is 99.9 cm³/mol. The number of carboxylic acid groups (broad SMARTS) is 1. The van der Waals surface area contributed by atoms with E-state index in [4.69, 9.17) is 9.84 Å². The highest BCUT2D eigenvalue weighted by Crippen LogP contribution is 2.37. The fourth-order valence-electron chi connectivity index (χ4n) is 3.13. The Morgan fingerprint density at radius 3 is 2.69 bits per heavy atom. The summed E-state index contributed by atoms with van der Waals surface area (Å²) in [5.41, 5.74) is 5.23. The average Bonchev–Trinajstić information content (AvgIpc) is 2.72. The van der Waals surface area contributed by atoms with Gasteiger partial charge in [0, 0.05) is 12.0 Å². The maximum absolute atomic E-state index is 11.1. The van der Waals surface area contributed by atoms with Gasteiger partial charge >= 0.3 is 5.97 Å². The molecular weight excluding hydrogens is 330 g/mol. The van der Waals surface area contributed by atoms with Crippen molar-refractivity contribution in [2.24, 2.45) is 0 Å². The second-order valence-electron chi connectivity index (χ2n) is 6.71. The first-order valence-corrected chi connectivity index (χ1v) is 8.60. The summed E-state index contributed by atoms with van der Waals surface area (Å²) in [5, 5.41) is 9.10. The Balaban J connectivity index is 0.00000243. The highest BCUT2D eigenvalue weighted by atomic mass is 16.5. The van der Waals surface area contributed by atoms with Gasteiger partial charge in [0.05, 0.1) is 27.1 Å². The number of rotatable bonds is 5. The molecule has 26 heavy (non-hydrogen) atoms. The van der Waals surface area contributed by atoms with Gasteiger partial charge in [-0.15, -0.1) is 0 Å². The van der Waals surface area contributed by atoms with Crippen molar-refractivity contribution in [1.29, 1.82) is 0 Å². The Hall–Kier alpha value is -2.63. The molecule has 5 nitrogen and oxygen atoms in total. The van der Waals surface area contributed by atoms with Crippen LogP contribution < -0.4 is 9.64 Å². The van der Waals surface area contributed by atoms with Crippen LogP contribution in [0.4, 0.5) is 0 Å². The van der Waals surface area contributed by atoms with E-state index in [0.29, 0.717) is 6.61 Å². The third-order valence-corrected chi connectivity index (χ3v) is 4.37. The molecule has 5 heteroatoms. The van der Waals surface area contributed by atoms with E-state index >= 15 is 0 Å². The summed E-state index contributed by atoms with van der Waals surface area (Å²) in [6.45, 7) is 1.56. The molecule has 0 amide bonds. The summed E-state index contributed by atoms with van der Waals surface area (Å²) in [7, 11) is 4.28. The molecule has 0 saturated carbocycles. The Bertz CT molecular complexity index is 811. The zero-order valence-corrected chi connectivity index (χ0v) is 15.2. The van der Waals surface area contributed by atoms with Crippen molar-refractivity contribution in [1.82, 2.24) is 0 Å². The number of aliphatic carboxylic acids is 1. The summed E-state index contributed by atoms with van der Waals surface area (Å²) in [4.78, 5) is 12.5. The normalized spacial score (nSPS) is 14.0. The van der Waals surface area contributed by atoms with Crippen LogP contribution in [-0.2, 0) is 17.8 Å². The van der Waals surface area contributed by atoms with Crippen molar-refractivity contribution in [3.8, 4) is 5.75 Å². The van der Waals surface area contributed by atoms with Gasteiger partial charge in [-0.2, -0.15) is 0 Å². The summed E-state index contributed by atoms with van der Waals surface area (Å²) in [6.07, 6.45) is 3.22. The number of hydrogen-bond donors (Lipinski definition) is 2. The van der Waals surface area contributed by atoms with Crippen LogP contribution >= 0.6 is 0 Å². The maximum Gasteiger partial charge on any atom is 0.307 e. The highest BCUT2D eigenvalue weighted by Gasteiger charge is 2.19. The van der Waals surface area contributed by atoms with Crippen molar-refractivity contribution in [2.75, 3.05) is 20.6 Å². The molecule has 2 aromatic carbocycles. The summed E-state index contributed by atoms with van der Waals surface area (Å²) >= 11 is 0. The van der Waals surface area contributed by atoms with Crippen LogP contribution in [0.25, 0.3) is 5.57 Å². The third-order valence-electron chi connectivity index (χ3n) is 4.37. The summed E-state index contributed by atoms with van der Waals surface area (Å²) < 4.78 is 6.00. The number of carbonyl (C=O) groups is 1. The smallest absolute Gasteiger partial charge is 0.307 e. The van der Waals surface area contributed by atoms with E-state index in [0.717, 1.165) is 41.0 Å². The largest absolute Gasteiger partial charge is 0.870 e. The number of fused-ring (bicyclic) bond motifs is 2. The predicted octanol–water partition coefficient (Wildman–Crippen LogP) is 2.00. The molecule has 3 rings (SSSR count). The number of quaternary nitrogens is 1. The van der Waals surface area contributed by atoms with Crippen LogP contribution in [0.15, 0.2) is 48.5 Å². The van der Waals surface area contributed by atoms with Crippen molar-refractivity contribution >= 4 is 11.5 Å². The van der Waals surface area contributed by atoms with E-state index in [1.54, 1.807) is 0 Å². The average molecular weight is 355 g/mol. The van der Waals surface area contributed by atoms with Crippen molar-refractivity contribution < 1.29 is 25.0 Å². The Kier molecular flexibility index (Phi) is 6.55. The van der Waals surface area contributed by atoms with Crippen LogP contribution in [-0.4, -0.2) is 37.2 Å². The Morgan fingerprint density at radius 1 is 1.19 bits per heavy atom. The van der Waals surface area contributed by atoms with Crippen LogP contribution in [0.5, 0.6) is 5.75 Å². The lowest BCUT2D eigenvalue weighted by Crippen LogP contribution is -3.05. The minimum absolute atomic E-state index is 0. The molecule has 0 bridgehead atoms. The summed E-state index contributed by atoms with van der Waals surface area (Å²) in [5.74, 6) is -0.00887. The standard InChI is InChI=1S/C21H23NO3.H2O/c1-22(2)11-5-8-18-17-7-4-3-6-16(17)14-25-20-10-9-15(12-19(18)20)13-21(23)24;/h3-4,6-10,12H,5,11,13-14H2,1-2H3,(H,23,24);1H2/b18-8-;. The second kappa shape index (κ2) is 8.65. The van der Waals surface area contributed by atoms with E-state index in [1.807, 2.05) is 30.3 Å². The van der Waals surface area contributed by atoms with Gasteiger partial charge in [-0.25, -0.2) is 0 Å². The SMILES string of the molecule is C[NH+](C)CC/C=C1/c2ccccc2COc2ccc(CC(=O)O)cc21.[OH-]. The monoisotopic (exact) mass is 355 g/mol. The molecule has 0 aliphatic carbocycles. The van der Waals surface area contributed by atoms with Crippen molar-refractivity contribution in [3.05, 3.63) is 70.8 Å². The minimum atomic E-state index is -0.823. The van der Waals surface area contributed by atoms with E-state index in [1.165, 1.54) is 10.5 Å². The van der Waals surface area contributed by atoms with Gasteiger partial charge in [0.25, 0.3) is 0 Å². The van der Waals surface area contributed by atoms with Gasteiger partial charge in [0.2, 0.25) is 0 Å². The number of hydrogen-bond acceptors (Lipinski definition) is 3. The van der Waals surface area contributed by atoms with Crippen LogP contribution in [0.3, 0.4) is 0 Å². The van der Waals surface area contributed by atoms with E-state index < -0.39 is 5.97 Å². The molecular formula is C21H25NO4. The van der Waals surface area contributed by atoms with Gasteiger partial charge in [0.15, 0.2) is 0 Å². The molecule has 0 fully saturated rings. The lowest BCUT2D eigenvalue weighted by Gasteiger charge is -2.13. The van der Waals surface area contributed by atoms with Gasteiger partial charge < -0.3 is 20.2 Å².